The molecule has 0 bridgehead atoms. The number of rotatable bonds is 8. The van der Waals surface area contributed by atoms with Crippen LogP contribution in [-0.4, -0.2) is 57.2 Å². The zero-order valence-electron chi connectivity index (χ0n) is 21.5. The van der Waals surface area contributed by atoms with Gasteiger partial charge in [-0.2, -0.15) is 0 Å². The molecule has 0 aromatic heterocycles. The Kier molecular flexibility index (Phi) is 7.55. The minimum atomic E-state index is -0.926. The molecule has 2 aliphatic heterocycles. The molecular weight excluding hydrogens is 444 g/mol. The van der Waals surface area contributed by atoms with E-state index in [1.54, 1.807) is 24.3 Å². The Morgan fingerprint density at radius 1 is 1.09 bits per heavy atom. The molecule has 1 saturated carbocycles. The summed E-state index contributed by atoms with van der Waals surface area (Å²) >= 11 is 0. The van der Waals surface area contributed by atoms with Crippen LogP contribution in [0.15, 0.2) is 24.3 Å². The van der Waals surface area contributed by atoms with Crippen molar-refractivity contribution in [1.82, 2.24) is 9.80 Å². The molecular formula is C28H40N2O5. The lowest BCUT2D eigenvalue weighted by Crippen LogP contribution is -2.48. The fourth-order valence-corrected chi connectivity index (χ4v) is 6.43. The number of benzene rings is 1. The molecule has 1 aliphatic carbocycles. The number of hydrogen-bond acceptors (Lipinski definition) is 4. The molecule has 1 saturated heterocycles. The fourth-order valence-electron chi connectivity index (χ4n) is 6.43. The van der Waals surface area contributed by atoms with Crippen LogP contribution in [0.3, 0.4) is 0 Å². The molecule has 2 fully saturated rings. The summed E-state index contributed by atoms with van der Waals surface area (Å²) in [5, 5.41) is 10.1. The van der Waals surface area contributed by atoms with Crippen LogP contribution < -0.4 is 0 Å². The number of carbonyl (C=O) groups is 3. The standard InChI is InChI=1S/C28H40N2O5/c1-18(2)20(14-15-29-25(31)21-12-8-9-13-22(21)26(29)32)17-24-23(16-19-10-6-5-7-11-19)30(27(33)34)28(3,4)35-24/h8-9,12-13,18-20,23-24H,5-7,10-11,14-17H2,1-4H3,(H,33,34)/t20-,23+,24+/m1/s1. The second-order valence-corrected chi connectivity index (χ2v) is 11.4. The third-order valence-corrected chi connectivity index (χ3v) is 8.37. The largest absolute Gasteiger partial charge is 0.465 e. The average Bonchev–Trinajstić information content (AvgIpc) is 3.20. The predicted molar refractivity (Wildman–Crippen MR) is 133 cm³/mol. The lowest BCUT2D eigenvalue weighted by molar-refractivity contribution is -0.0723. The van der Waals surface area contributed by atoms with Crippen molar-refractivity contribution in [2.75, 3.05) is 6.54 Å². The Morgan fingerprint density at radius 2 is 1.69 bits per heavy atom. The average molecular weight is 485 g/mol. The first kappa shape index (κ1) is 25.7. The van der Waals surface area contributed by atoms with Crippen molar-refractivity contribution in [1.29, 1.82) is 0 Å². The van der Waals surface area contributed by atoms with Gasteiger partial charge < -0.3 is 9.84 Å². The Bertz CT molecular complexity index is 917. The van der Waals surface area contributed by atoms with Crippen molar-refractivity contribution in [2.24, 2.45) is 17.8 Å². The third kappa shape index (κ3) is 5.25. The first-order chi connectivity index (χ1) is 16.6. The van der Waals surface area contributed by atoms with E-state index < -0.39 is 11.8 Å². The zero-order valence-corrected chi connectivity index (χ0v) is 21.5. The Labute approximate surface area is 208 Å². The minimum absolute atomic E-state index is 0.175. The number of carboxylic acid groups (broad SMARTS) is 1. The van der Waals surface area contributed by atoms with E-state index in [1.807, 2.05) is 13.8 Å². The first-order valence-electron chi connectivity index (χ1n) is 13.3. The summed E-state index contributed by atoms with van der Waals surface area (Å²) < 4.78 is 6.42. The monoisotopic (exact) mass is 484 g/mol. The van der Waals surface area contributed by atoms with Crippen LogP contribution >= 0.6 is 0 Å². The summed E-state index contributed by atoms with van der Waals surface area (Å²) in [4.78, 5) is 40.8. The van der Waals surface area contributed by atoms with Gasteiger partial charge in [-0.1, -0.05) is 58.1 Å². The number of amides is 3. The molecule has 3 atom stereocenters. The molecule has 192 valence electrons. The Balaban J connectivity index is 1.47. The molecule has 0 unspecified atom stereocenters. The van der Waals surface area contributed by atoms with Gasteiger partial charge in [0.25, 0.3) is 11.8 Å². The predicted octanol–water partition coefficient (Wildman–Crippen LogP) is 5.79. The van der Waals surface area contributed by atoms with Gasteiger partial charge in [0, 0.05) is 6.54 Å². The number of ether oxygens (including phenoxy) is 1. The number of carbonyl (C=O) groups excluding carboxylic acids is 2. The maximum atomic E-state index is 12.8. The van der Waals surface area contributed by atoms with E-state index in [4.69, 9.17) is 4.74 Å². The van der Waals surface area contributed by atoms with E-state index in [9.17, 15) is 19.5 Å². The van der Waals surface area contributed by atoms with Gasteiger partial charge in [0.1, 0.15) is 5.72 Å². The van der Waals surface area contributed by atoms with E-state index in [1.165, 1.54) is 29.1 Å². The SMILES string of the molecule is CC(C)[C@H](CCN1C(=O)c2ccccc2C1=O)C[C@@H]1OC(C)(C)N(C(=O)O)[C@H]1CC1CCCCC1. The van der Waals surface area contributed by atoms with Crippen molar-refractivity contribution in [2.45, 2.75) is 96.9 Å². The summed E-state index contributed by atoms with van der Waals surface area (Å²) in [7, 11) is 0. The lowest BCUT2D eigenvalue weighted by Gasteiger charge is -2.34. The van der Waals surface area contributed by atoms with Gasteiger partial charge in [-0.25, -0.2) is 4.79 Å². The van der Waals surface area contributed by atoms with E-state index in [0.717, 1.165) is 19.3 Å². The normalized spacial score (nSPS) is 25.4. The highest BCUT2D eigenvalue weighted by Gasteiger charge is 2.51. The zero-order chi connectivity index (χ0) is 25.3. The molecule has 0 radical (unpaired) electrons. The number of fused-ring (bicyclic) bond motifs is 1. The molecule has 35 heavy (non-hydrogen) atoms. The van der Waals surface area contributed by atoms with Crippen LogP contribution in [0.1, 0.15) is 99.8 Å². The number of nitrogens with zero attached hydrogens (tertiary/aromatic N) is 2. The van der Waals surface area contributed by atoms with Crippen molar-refractivity contribution in [3.05, 3.63) is 35.4 Å². The highest BCUT2D eigenvalue weighted by Crippen LogP contribution is 2.41. The van der Waals surface area contributed by atoms with E-state index in [-0.39, 0.29) is 29.9 Å². The molecule has 1 N–H and O–H groups in total. The van der Waals surface area contributed by atoms with Gasteiger partial charge in [0.15, 0.2) is 0 Å². The van der Waals surface area contributed by atoms with Crippen LogP contribution in [0.2, 0.25) is 0 Å². The van der Waals surface area contributed by atoms with E-state index >= 15 is 0 Å². The van der Waals surface area contributed by atoms with Crippen molar-refractivity contribution in [3.8, 4) is 0 Å². The second kappa shape index (κ2) is 10.3. The minimum Gasteiger partial charge on any atom is -0.465 e. The van der Waals surface area contributed by atoms with Gasteiger partial charge in [-0.15, -0.1) is 0 Å². The van der Waals surface area contributed by atoms with Crippen LogP contribution in [0.25, 0.3) is 0 Å². The Hall–Kier alpha value is -2.41. The smallest absolute Gasteiger partial charge is 0.409 e. The van der Waals surface area contributed by atoms with Gasteiger partial charge in [0.05, 0.1) is 23.3 Å². The molecule has 0 spiro atoms. The second-order valence-electron chi connectivity index (χ2n) is 11.4. The van der Waals surface area contributed by atoms with Crippen LogP contribution in [0.4, 0.5) is 4.79 Å². The van der Waals surface area contributed by atoms with Crippen molar-refractivity contribution >= 4 is 17.9 Å². The van der Waals surface area contributed by atoms with Crippen LogP contribution in [0.5, 0.6) is 0 Å². The summed E-state index contributed by atoms with van der Waals surface area (Å²) in [6.45, 7) is 8.36. The van der Waals surface area contributed by atoms with Crippen LogP contribution in [-0.2, 0) is 4.74 Å². The molecule has 4 rings (SSSR count). The molecule has 3 amide bonds. The van der Waals surface area contributed by atoms with Gasteiger partial charge >= 0.3 is 6.09 Å². The quantitative estimate of drug-likeness (QED) is 0.472. The van der Waals surface area contributed by atoms with Gasteiger partial charge in [-0.3, -0.25) is 19.4 Å². The lowest BCUT2D eigenvalue weighted by atomic mass is 9.80. The highest BCUT2D eigenvalue weighted by atomic mass is 16.6. The molecule has 1 aromatic rings. The molecule has 7 heteroatoms. The number of imide groups is 1. The maximum Gasteiger partial charge on any atom is 0.409 e. The number of hydrogen-bond donors (Lipinski definition) is 1. The maximum absolute atomic E-state index is 12.8. The molecule has 3 aliphatic rings. The fraction of sp³-hybridized carbons (Fsp3) is 0.679. The van der Waals surface area contributed by atoms with Gasteiger partial charge in [-0.05, 0) is 63.0 Å². The van der Waals surface area contributed by atoms with Gasteiger partial charge in [0.2, 0.25) is 0 Å². The topological polar surface area (TPSA) is 87.2 Å². The summed E-state index contributed by atoms with van der Waals surface area (Å²) in [6.07, 6.45) is 7.12. The molecule has 2 heterocycles. The summed E-state index contributed by atoms with van der Waals surface area (Å²) in [5.74, 6) is 0.595. The third-order valence-electron chi connectivity index (χ3n) is 8.37. The van der Waals surface area contributed by atoms with E-state index in [0.29, 0.717) is 42.3 Å². The summed E-state index contributed by atoms with van der Waals surface area (Å²) in [6, 6.07) is 6.81. The summed E-state index contributed by atoms with van der Waals surface area (Å²) in [5.41, 5.74) is 0.0770. The van der Waals surface area contributed by atoms with Crippen LogP contribution in [0, 0.1) is 17.8 Å². The molecule has 1 aromatic carbocycles. The van der Waals surface area contributed by atoms with E-state index in [2.05, 4.69) is 13.8 Å². The van der Waals surface area contributed by atoms with Crippen molar-refractivity contribution in [3.63, 3.8) is 0 Å². The van der Waals surface area contributed by atoms with Crippen molar-refractivity contribution < 1.29 is 24.2 Å². The highest BCUT2D eigenvalue weighted by molar-refractivity contribution is 6.21. The Morgan fingerprint density at radius 3 is 2.23 bits per heavy atom. The molecule has 7 nitrogen and oxygen atoms in total. The first-order valence-corrected chi connectivity index (χ1v) is 13.3.